The van der Waals surface area contributed by atoms with Gasteiger partial charge in [-0.2, -0.15) is 0 Å². The highest BCUT2D eigenvalue weighted by Gasteiger charge is 2.23. The van der Waals surface area contributed by atoms with Gasteiger partial charge in [-0.25, -0.2) is 0 Å². The minimum atomic E-state index is -0.426. The molecule has 1 unspecified atom stereocenters. The minimum Gasteiger partial charge on any atom is -0.382 e. The molecule has 0 saturated heterocycles. The predicted molar refractivity (Wildman–Crippen MR) is 77.9 cm³/mol. The van der Waals surface area contributed by atoms with Crippen molar-refractivity contribution >= 4 is 0 Å². The van der Waals surface area contributed by atoms with E-state index in [9.17, 15) is 5.11 Å². The van der Waals surface area contributed by atoms with E-state index >= 15 is 0 Å². The van der Waals surface area contributed by atoms with Gasteiger partial charge >= 0.3 is 0 Å². The van der Waals surface area contributed by atoms with Crippen molar-refractivity contribution < 1.29 is 10.0 Å². The fraction of sp³-hybridized carbons (Fsp3) is 0.294. The maximum Gasteiger partial charge on any atom is 0.130 e. The van der Waals surface area contributed by atoms with Crippen LogP contribution in [0.3, 0.4) is 0 Å². The van der Waals surface area contributed by atoms with Crippen molar-refractivity contribution in [1.29, 1.82) is 0 Å². The molecule has 0 saturated carbocycles. The average Bonchev–Trinajstić information content (AvgIpc) is 2.47. The zero-order chi connectivity index (χ0) is 13.7. The summed E-state index contributed by atoms with van der Waals surface area (Å²) >= 11 is 0. The molecule has 0 amide bonds. The molecule has 100 valence electrons. The van der Waals surface area contributed by atoms with Gasteiger partial charge in [0.25, 0.3) is 0 Å². The summed E-state index contributed by atoms with van der Waals surface area (Å²) in [5.41, 5.74) is 2.29. The lowest BCUT2D eigenvalue weighted by atomic mass is 10.0. The van der Waals surface area contributed by atoms with E-state index in [1.165, 1.54) is 10.5 Å². The highest BCUT2D eigenvalue weighted by Crippen LogP contribution is 2.14. The Kier molecular flexibility index (Phi) is 4.72. The Hall–Kier alpha value is -1.64. The van der Waals surface area contributed by atoms with Crippen LogP contribution in [-0.2, 0) is 6.54 Å². The van der Waals surface area contributed by atoms with Crippen LogP contribution in [0.2, 0.25) is 0 Å². The molecule has 0 radical (unpaired) electrons. The van der Waals surface area contributed by atoms with Crippen molar-refractivity contribution in [3.05, 3.63) is 71.8 Å². The van der Waals surface area contributed by atoms with E-state index < -0.39 is 6.10 Å². The topological polar surface area (TPSA) is 24.7 Å². The van der Waals surface area contributed by atoms with E-state index in [0.29, 0.717) is 0 Å². The van der Waals surface area contributed by atoms with Gasteiger partial charge in [0.15, 0.2) is 0 Å². The molecule has 3 atom stereocenters. The summed E-state index contributed by atoms with van der Waals surface area (Å²) in [6.45, 7) is 3.02. The van der Waals surface area contributed by atoms with Crippen LogP contribution in [-0.4, -0.2) is 18.2 Å². The van der Waals surface area contributed by atoms with Gasteiger partial charge in [0.05, 0.1) is 7.05 Å². The number of benzene rings is 2. The molecule has 2 nitrogen and oxygen atoms in total. The molecule has 0 bridgehead atoms. The van der Waals surface area contributed by atoms with Crippen molar-refractivity contribution in [2.45, 2.75) is 25.6 Å². The number of aliphatic hydroxyl groups is 1. The maximum atomic E-state index is 10.4. The minimum absolute atomic E-state index is 0.155. The van der Waals surface area contributed by atoms with Gasteiger partial charge in [-0.1, -0.05) is 60.7 Å². The normalized spacial score (nSPS) is 15.7. The molecule has 19 heavy (non-hydrogen) atoms. The summed E-state index contributed by atoms with van der Waals surface area (Å²) in [5.74, 6) is 0. The van der Waals surface area contributed by atoms with Gasteiger partial charge in [0, 0.05) is 5.56 Å². The molecule has 0 heterocycles. The quantitative estimate of drug-likeness (QED) is 0.838. The van der Waals surface area contributed by atoms with E-state index in [4.69, 9.17) is 0 Å². The van der Waals surface area contributed by atoms with Crippen molar-refractivity contribution in [2.75, 3.05) is 7.05 Å². The van der Waals surface area contributed by atoms with Crippen LogP contribution >= 0.6 is 0 Å². The van der Waals surface area contributed by atoms with Gasteiger partial charge in [0.2, 0.25) is 0 Å². The third-order valence-corrected chi connectivity index (χ3v) is 3.72. The molecule has 2 heteroatoms. The molecule has 2 aromatic rings. The summed E-state index contributed by atoms with van der Waals surface area (Å²) in [6, 6.07) is 20.4. The van der Waals surface area contributed by atoms with Crippen molar-refractivity contribution in [3.8, 4) is 0 Å². The Morgan fingerprint density at radius 1 is 0.947 bits per heavy atom. The zero-order valence-corrected chi connectivity index (χ0v) is 11.6. The highest BCUT2D eigenvalue weighted by molar-refractivity contribution is 5.18. The van der Waals surface area contributed by atoms with Crippen LogP contribution in [0.5, 0.6) is 0 Å². The van der Waals surface area contributed by atoms with Crippen molar-refractivity contribution in [3.63, 3.8) is 0 Å². The van der Waals surface area contributed by atoms with Gasteiger partial charge in [-0.15, -0.1) is 0 Å². The number of likely N-dealkylation sites (N-methyl/N-ethyl adjacent to an activating group) is 1. The van der Waals surface area contributed by atoms with Crippen LogP contribution in [0.25, 0.3) is 0 Å². The first-order valence-electron chi connectivity index (χ1n) is 6.77. The molecule has 0 aromatic heterocycles. The van der Waals surface area contributed by atoms with Gasteiger partial charge < -0.3 is 10.0 Å². The lowest BCUT2D eigenvalue weighted by Gasteiger charge is -2.26. The molecular formula is C17H22NO+. The predicted octanol–water partition coefficient (Wildman–Crippen LogP) is 1.82. The molecule has 0 aliphatic heterocycles. The van der Waals surface area contributed by atoms with Crippen molar-refractivity contribution in [1.82, 2.24) is 0 Å². The number of hydrogen-bond acceptors (Lipinski definition) is 1. The number of nitrogens with one attached hydrogen (secondary N) is 1. The first kappa shape index (κ1) is 13.8. The van der Waals surface area contributed by atoms with Crippen LogP contribution < -0.4 is 4.90 Å². The van der Waals surface area contributed by atoms with Crippen LogP contribution in [0.1, 0.15) is 24.2 Å². The number of rotatable bonds is 5. The van der Waals surface area contributed by atoms with E-state index in [1.807, 2.05) is 36.4 Å². The molecule has 0 aliphatic carbocycles. The van der Waals surface area contributed by atoms with Crippen LogP contribution in [0.15, 0.2) is 60.7 Å². The molecule has 2 rings (SSSR count). The fourth-order valence-corrected chi connectivity index (χ4v) is 2.29. The second-order valence-electron chi connectivity index (χ2n) is 5.15. The largest absolute Gasteiger partial charge is 0.382 e. The fourth-order valence-electron chi connectivity index (χ4n) is 2.29. The second kappa shape index (κ2) is 6.50. The summed E-state index contributed by atoms with van der Waals surface area (Å²) in [6.07, 6.45) is -0.426. The smallest absolute Gasteiger partial charge is 0.130 e. The SMILES string of the molecule is C[C@@H]([C@@H](O)c1ccccc1)[NH+](C)Cc1ccccc1. The van der Waals surface area contributed by atoms with Crippen LogP contribution in [0, 0.1) is 0 Å². The zero-order valence-electron chi connectivity index (χ0n) is 11.6. The highest BCUT2D eigenvalue weighted by atomic mass is 16.3. The summed E-state index contributed by atoms with van der Waals surface area (Å²) in [4.78, 5) is 1.31. The van der Waals surface area contributed by atoms with E-state index in [1.54, 1.807) is 0 Å². The Labute approximate surface area is 115 Å². The molecule has 0 fully saturated rings. The van der Waals surface area contributed by atoms with Gasteiger partial charge in [0.1, 0.15) is 18.7 Å². The number of hydrogen-bond donors (Lipinski definition) is 2. The standard InChI is InChI=1S/C17H21NO/c1-14(17(19)16-11-7-4-8-12-16)18(2)13-15-9-5-3-6-10-15/h3-12,14,17,19H,13H2,1-2H3/p+1/t14-,17+/m0/s1. The summed E-state index contributed by atoms with van der Waals surface area (Å²) in [7, 11) is 2.13. The van der Waals surface area contributed by atoms with Gasteiger partial charge in [-0.05, 0) is 12.5 Å². The maximum absolute atomic E-state index is 10.4. The van der Waals surface area contributed by atoms with Crippen molar-refractivity contribution in [2.24, 2.45) is 0 Å². The first-order chi connectivity index (χ1) is 9.18. The van der Waals surface area contributed by atoms with E-state index in [-0.39, 0.29) is 6.04 Å². The molecule has 0 spiro atoms. The molecule has 2 N–H and O–H groups in total. The number of quaternary nitrogens is 1. The monoisotopic (exact) mass is 256 g/mol. The Morgan fingerprint density at radius 3 is 2.05 bits per heavy atom. The lowest BCUT2D eigenvalue weighted by molar-refractivity contribution is -0.922. The molecule has 2 aromatic carbocycles. The van der Waals surface area contributed by atoms with E-state index in [2.05, 4.69) is 38.2 Å². The Balaban J connectivity index is 2.01. The summed E-state index contributed by atoms with van der Waals surface area (Å²) < 4.78 is 0. The molecule has 0 aliphatic rings. The number of aliphatic hydroxyl groups excluding tert-OH is 1. The second-order valence-corrected chi connectivity index (χ2v) is 5.15. The summed E-state index contributed by atoms with van der Waals surface area (Å²) in [5, 5.41) is 10.4. The van der Waals surface area contributed by atoms with E-state index in [0.717, 1.165) is 12.1 Å². The third kappa shape index (κ3) is 3.66. The first-order valence-corrected chi connectivity index (χ1v) is 6.77. The van der Waals surface area contributed by atoms with Gasteiger partial charge in [-0.3, -0.25) is 0 Å². The average molecular weight is 256 g/mol. The third-order valence-electron chi connectivity index (χ3n) is 3.72. The lowest BCUT2D eigenvalue weighted by Crippen LogP contribution is -3.11. The Bertz CT molecular complexity index is 483. The molecular weight excluding hydrogens is 234 g/mol. The van der Waals surface area contributed by atoms with Crippen LogP contribution in [0.4, 0.5) is 0 Å². The Morgan fingerprint density at radius 2 is 1.47 bits per heavy atom.